The summed E-state index contributed by atoms with van der Waals surface area (Å²) in [5.74, 6) is 0. The van der Waals surface area contributed by atoms with E-state index in [4.69, 9.17) is 11.6 Å². The molecule has 0 bridgehead atoms. The molecule has 0 aliphatic carbocycles. The smallest absolute Gasteiger partial charge is 0.121 e. The first-order chi connectivity index (χ1) is 9.33. The maximum Gasteiger partial charge on any atom is 0.121 e. The lowest BCUT2D eigenvalue weighted by atomic mass is 10.00. The fourth-order valence-electron chi connectivity index (χ4n) is 2.19. The molecule has 1 heterocycles. The molecule has 1 N–H and O–H groups in total. The Morgan fingerprint density at radius 3 is 2.00 bits per heavy atom. The summed E-state index contributed by atoms with van der Waals surface area (Å²) in [6, 6.07) is 20.5. The van der Waals surface area contributed by atoms with Crippen molar-refractivity contribution in [3.8, 4) is 0 Å². The van der Waals surface area contributed by atoms with Gasteiger partial charge < -0.3 is 5.32 Å². The molecule has 0 saturated heterocycles. The Morgan fingerprint density at radius 2 is 1.37 bits per heavy atom. The molecular formula is C17H14ClN. The average Bonchev–Trinajstić information content (AvgIpc) is 2.48. The van der Waals surface area contributed by atoms with Crippen molar-refractivity contribution in [2.24, 2.45) is 0 Å². The van der Waals surface area contributed by atoms with Gasteiger partial charge in [-0.3, -0.25) is 0 Å². The van der Waals surface area contributed by atoms with Gasteiger partial charge in [0, 0.05) is 5.70 Å². The zero-order valence-electron chi connectivity index (χ0n) is 10.4. The van der Waals surface area contributed by atoms with Gasteiger partial charge in [-0.25, -0.2) is 0 Å². The minimum absolute atomic E-state index is 0.185. The predicted octanol–water partition coefficient (Wildman–Crippen LogP) is 4.28. The summed E-state index contributed by atoms with van der Waals surface area (Å²) in [7, 11) is 0. The molecule has 0 fully saturated rings. The Hall–Kier alpha value is -1.99. The number of alkyl halides is 1. The first kappa shape index (κ1) is 12.1. The lowest BCUT2D eigenvalue weighted by Gasteiger charge is -2.21. The van der Waals surface area contributed by atoms with Crippen LogP contribution in [0.2, 0.25) is 0 Å². The standard InChI is InChI=1S/C17H14ClN/c18-17-12-15(13-7-3-1-4-8-13)11-16(19-17)14-9-5-2-6-10-14/h1-12,17,19H. The third-order valence-electron chi connectivity index (χ3n) is 3.11. The van der Waals surface area contributed by atoms with Gasteiger partial charge in [-0.15, -0.1) is 0 Å². The van der Waals surface area contributed by atoms with Crippen LogP contribution in [0, 0.1) is 0 Å². The van der Waals surface area contributed by atoms with Crippen LogP contribution in [0.3, 0.4) is 0 Å². The van der Waals surface area contributed by atoms with E-state index >= 15 is 0 Å². The van der Waals surface area contributed by atoms with Gasteiger partial charge in [-0.2, -0.15) is 0 Å². The van der Waals surface area contributed by atoms with E-state index in [0.717, 1.165) is 16.8 Å². The summed E-state index contributed by atoms with van der Waals surface area (Å²) in [4.78, 5) is 0. The highest BCUT2D eigenvalue weighted by Crippen LogP contribution is 2.26. The monoisotopic (exact) mass is 267 g/mol. The third kappa shape index (κ3) is 2.72. The molecule has 2 aromatic rings. The van der Waals surface area contributed by atoms with Crippen LogP contribution in [0.15, 0.2) is 72.8 Å². The van der Waals surface area contributed by atoms with Crippen molar-refractivity contribution >= 4 is 22.9 Å². The molecule has 2 heteroatoms. The van der Waals surface area contributed by atoms with E-state index in [1.807, 2.05) is 42.5 Å². The predicted molar refractivity (Wildman–Crippen MR) is 81.6 cm³/mol. The fraction of sp³-hybridized carbons (Fsp3) is 0.0588. The summed E-state index contributed by atoms with van der Waals surface area (Å²) in [5.41, 5.74) is 4.35. The Morgan fingerprint density at radius 1 is 0.789 bits per heavy atom. The Labute approximate surface area is 118 Å². The molecule has 0 amide bonds. The number of rotatable bonds is 2. The zero-order valence-corrected chi connectivity index (χ0v) is 11.1. The summed E-state index contributed by atoms with van der Waals surface area (Å²) >= 11 is 6.28. The van der Waals surface area contributed by atoms with Crippen molar-refractivity contribution < 1.29 is 0 Å². The van der Waals surface area contributed by atoms with Crippen molar-refractivity contribution in [2.75, 3.05) is 0 Å². The number of benzene rings is 2. The van der Waals surface area contributed by atoms with Crippen molar-refractivity contribution in [2.45, 2.75) is 5.50 Å². The van der Waals surface area contributed by atoms with Crippen LogP contribution in [-0.4, -0.2) is 5.50 Å². The minimum atomic E-state index is -0.185. The molecule has 1 aliphatic rings. The van der Waals surface area contributed by atoms with Crippen LogP contribution in [0.1, 0.15) is 11.1 Å². The molecule has 1 unspecified atom stereocenters. The molecular weight excluding hydrogens is 254 g/mol. The van der Waals surface area contributed by atoms with Crippen molar-refractivity contribution in [3.05, 3.63) is 83.9 Å². The third-order valence-corrected chi connectivity index (χ3v) is 3.35. The summed E-state index contributed by atoms with van der Waals surface area (Å²) in [6.07, 6.45) is 4.17. The molecule has 2 aromatic carbocycles. The van der Waals surface area contributed by atoms with Crippen LogP contribution < -0.4 is 5.32 Å². The van der Waals surface area contributed by atoms with Crippen LogP contribution in [-0.2, 0) is 0 Å². The van der Waals surface area contributed by atoms with Crippen LogP contribution in [0.25, 0.3) is 11.3 Å². The normalized spacial score (nSPS) is 18.3. The number of allylic oxidation sites excluding steroid dienone is 2. The quantitative estimate of drug-likeness (QED) is 0.633. The van der Waals surface area contributed by atoms with Gasteiger partial charge in [0.2, 0.25) is 0 Å². The van der Waals surface area contributed by atoms with Gasteiger partial charge >= 0.3 is 0 Å². The van der Waals surface area contributed by atoms with Gasteiger partial charge in [0.25, 0.3) is 0 Å². The Kier molecular flexibility index (Phi) is 3.39. The largest absolute Gasteiger partial charge is 0.366 e. The van der Waals surface area contributed by atoms with Crippen molar-refractivity contribution in [1.29, 1.82) is 0 Å². The second kappa shape index (κ2) is 5.33. The second-order valence-corrected chi connectivity index (χ2v) is 4.93. The Balaban J connectivity index is 2.00. The van der Waals surface area contributed by atoms with Crippen LogP contribution in [0.5, 0.6) is 0 Å². The van der Waals surface area contributed by atoms with Gasteiger partial charge in [0.05, 0.1) is 0 Å². The first-order valence-corrected chi connectivity index (χ1v) is 6.71. The molecule has 0 saturated carbocycles. The lowest BCUT2D eigenvalue weighted by Crippen LogP contribution is -2.23. The number of dihydropyridines is 1. The number of halogens is 1. The van der Waals surface area contributed by atoms with E-state index < -0.39 is 0 Å². The zero-order chi connectivity index (χ0) is 13.1. The van der Waals surface area contributed by atoms with E-state index in [1.54, 1.807) is 0 Å². The molecule has 19 heavy (non-hydrogen) atoms. The maximum absolute atomic E-state index is 6.28. The SMILES string of the molecule is ClC1C=C(c2ccccc2)C=C(c2ccccc2)N1. The van der Waals surface area contributed by atoms with Crippen LogP contribution >= 0.6 is 11.6 Å². The fourth-order valence-corrected chi connectivity index (χ4v) is 2.44. The molecule has 1 aliphatic heterocycles. The molecule has 0 radical (unpaired) electrons. The van der Waals surface area contributed by atoms with Crippen LogP contribution in [0.4, 0.5) is 0 Å². The van der Waals surface area contributed by atoms with E-state index in [9.17, 15) is 0 Å². The summed E-state index contributed by atoms with van der Waals surface area (Å²) in [5, 5.41) is 3.28. The second-order valence-electron chi connectivity index (χ2n) is 4.46. The molecule has 0 spiro atoms. The highest BCUT2D eigenvalue weighted by Gasteiger charge is 2.13. The first-order valence-electron chi connectivity index (χ1n) is 6.28. The highest BCUT2D eigenvalue weighted by atomic mass is 35.5. The average molecular weight is 268 g/mol. The molecule has 0 aromatic heterocycles. The molecule has 1 nitrogen and oxygen atoms in total. The number of nitrogens with one attached hydrogen (secondary N) is 1. The van der Waals surface area contributed by atoms with Gasteiger partial charge in [-0.1, -0.05) is 72.3 Å². The maximum atomic E-state index is 6.28. The van der Waals surface area contributed by atoms with Gasteiger partial charge in [0.15, 0.2) is 0 Å². The Bertz CT molecular complexity index is 614. The summed E-state index contributed by atoms with van der Waals surface area (Å²) in [6.45, 7) is 0. The summed E-state index contributed by atoms with van der Waals surface area (Å²) < 4.78 is 0. The topological polar surface area (TPSA) is 12.0 Å². The lowest BCUT2D eigenvalue weighted by molar-refractivity contribution is 0.927. The van der Waals surface area contributed by atoms with Crippen molar-refractivity contribution in [3.63, 3.8) is 0 Å². The van der Waals surface area contributed by atoms with Gasteiger partial charge in [-0.05, 0) is 28.9 Å². The number of hydrogen-bond acceptors (Lipinski definition) is 1. The van der Waals surface area contributed by atoms with E-state index in [0.29, 0.717) is 0 Å². The van der Waals surface area contributed by atoms with E-state index in [1.165, 1.54) is 5.56 Å². The minimum Gasteiger partial charge on any atom is -0.366 e. The molecule has 3 rings (SSSR count). The van der Waals surface area contributed by atoms with E-state index in [2.05, 4.69) is 35.7 Å². The van der Waals surface area contributed by atoms with E-state index in [-0.39, 0.29) is 5.50 Å². The van der Waals surface area contributed by atoms with Gasteiger partial charge in [0.1, 0.15) is 5.50 Å². The molecule has 1 atom stereocenters. The number of hydrogen-bond donors (Lipinski definition) is 1. The highest BCUT2D eigenvalue weighted by molar-refractivity contribution is 6.23. The van der Waals surface area contributed by atoms with Crippen molar-refractivity contribution in [1.82, 2.24) is 5.32 Å². The molecule has 94 valence electrons.